The maximum absolute atomic E-state index is 11.5. The van der Waals surface area contributed by atoms with Crippen molar-refractivity contribution in [1.82, 2.24) is 9.69 Å². The van der Waals surface area contributed by atoms with Gasteiger partial charge in [0.2, 0.25) is 5.91 Å². The summed E-state index contributed by atoms with van der Waals surface area (Å²) in [6.07, 6.45) is 0.931. The fourth-order valence-electron chi connectivity index (χ4n) is 1.54. The predicted molar refractivity (Wildman–Crippen MR) is 74.3 cm³/mol. The third-order valence-electron chi connectivity index (χ3n) is 2.34. The average Bonchev–Trinajstić information content (AvgIpc) is 2.71. The molecule has 1 rings (SSSR count). The monoisotopic (exact) mass is 272 g/mol. The fraction of sp³-hybridized carbons (Fsp3) is 0.636. The minimum absolute atomic E-state index is 0.0436. The molecule has 0 fully saturated rings. The molecule has 102 valence electrons. The number of nitrogens with one attached hydrogen (secondary N) is 1. The summed E-state index contributed by atoms with van der Waals surface area (Å²) in [7, 11) is 1.62. The van der Waals surface area contributed by atoms with E-state index in [0.29, 0.717) is 18.2 Å². The van der Waals surface area contributed by atoms with E-state index in [0.717, 1.165) is 18.0 Å². The number of ether oxygens (including phenoxy) is 1. The molecule has 0 bridgehead atoms. The summed E-state index contributed by atoms with van der Waals surface area (Å²) < 4.78 is 9.59. The van der Waals surface area contributed by atoms with Crippen molar-refractivity contribution in [2.24, 2.45) is 0 Å². The number of carbonyl (C=O) groups is 1. The van der Waals surface area contributed by atoms with Crippen molar-refractivity contribution in [2.45, 2.75) is 20.3 Å². The number of carbonyl (C=O) groups excluding carboxylic acids is 1. The number of nitrogens with zero attached hydrogens (tertiary/aromatic N) is 2. The zero-order valence-electron chi connectivity index (χ0n) is 11.0. The molecule has 0 aliphatic heterocycles. The third kappa shape index (κ3) is 3.49. The topological polar surface area (TPSA) is 80.5 Å². The van der Waals surface area contributed by atoms with E-state index in [1.54, 1.807) is 7.05 Å². The van der Waals surface area contributed by atoms with Crippen molar-refractivity contribution >= 4 is 28.3 Å². The number of likely N-dealkylation sites (N-methyl/N-ethyl adjacent to an activating group) is 1. The van der Waals surface area contributed by atoms with Gasteiger partial charge >= 0.3 is 0 Å². The third-order valence-corrected chi connectivity index (χ3v) is 3.24. The maximum Gasteiger partial charge on any atom is 0.239 e. The standard InChI is InChI=1S/C11H20N4O2S/c1-4-6-15(7-8(16)13-3)11-9(17-5-2)10(12)14-18-11/h4-7H2,1-3H3,(H2,12,14)(H,13,16). The van der Waals surface area contributed by atoms with Crippen LogP contribution in [0.1, 0.15) is 20.3 Å². The van der Waals surface area contributed by atoms with Crippen LogP contribution in [-0.4, -0.2) is 37.0 Å². The van der Waals surface area contributed by atoms with E-state index < -0.39 is 0 Å². The van der Waals surface area contributed by atoms with Gasteiger partial charge in [0.25, 0.3) is 0 Å². The van der Waals surface area contributed by atoms with Gasteiger partial charge in [0.05, 0.1) is 13.2 Å². The Labute approximate surface area is 111 Å². The number of hydrogen-bond donors (Lipinski definition) is 2. The first-order valence-corrected chi connectivity index (χ1v) is 6.74. The summed E-state index contributed by atoms with van der Waals surface area (Å²) in [6.45, 7) is 5.52. The lowest BCUT2D eigenvalue weighted by molar-refractivity contribution is -0.119. The molecule has 6 nitrogen and oxygen atoms in total. The Morgan fingerprint density at radius 3 is 2.83 bits per heavy atom. The van der Waals surface area contributed by atoms with Crippen LogP contribution in [0.25, 0.3) is 0 Å². The second kappa shape index (κ2) is 7.05. The molecule has 7 heteroatoms. The Morgan fingerprint density at radius 2 is 2.28 bits per heavy atom. The zero-order chi connectivity index (χ0) is 13.5. The highest BCUT2D eigenvalue weighted by molar-refractivity contribution is 7.11. The highest BCUT2D eigenvalue weighted by Crippen LogP contribution is 2.38. The average molecular weight is 272 g/mol. The van der Waals surface area contributed by atoms with Gasteiger partial charge in [0.15, 0.2) is 16.6 Å². The van der Waals surface area contributed by atoms with E-state index in [9.17, 15) is 4.79 Å². The molecule has 0 saturated carbocycles. The molecule has 0 aliphatic carbocycles. The molecule has 0 atom stereocenters. The Kier molecular flexibility index (Phi) is 5.70. The van der Waals surface area contributed by atoms with Gasteiger partial charge in [-0.1, -0.05) is 6.92 Å². The molecule has 0 unspecified atom stereocenters. The molecule has 1 aromatic rings. The molecule has 1 amide bonds. The van der Waals surface area contributed by atoms with Crippen molar-refractivity contribution in [3.05, 3.63) is 0 Å². The lowest BCUT2D eigenvalue weighted by Gasteiger charge is -2.22. The van der Waals surface area contributed by atoms with Crippen LogP contribution < -0.4 is 20.7 Å². The second-order valence-electron chi connectivity index (χ2n) is 3.73. The van der Waals surface area contributed by atoms with Crippen molar-refractivity contribution in [2.75, 3.05) is 37.4 Å². The summed E-state index contributed by atoms with van der Waals surface area (Å²) in [5.74, 6) is 0.924. The number of amides is 1. The molecule has 0 radical (unpaired) electrons. The van der Waals surface area contributed by atoms with Gasteiger partial charge in [-0.25, -0.2) is 0 Å². The van der Waals surface area contributed by atoms with Gasteiger partial charge in [-0.15, -0.1) is 0 Å². The van der Waals surface area contributed by atoms with Crippen molar-refractivity contribution in [3.8, 4) is 5.75 Å². The Bertz CT molecular complexity index is 394. The Balaban J connectivity index is 2.93. The van der Waals surface area contributed by atoms with E-state index in [1.807, 2.05) is 11.8 Å². The molecular formula is C11H20N4O2S. The van der Waals surface area contributed by atoms with Crippen molar-refractivity contribution in [1.29, 1.82) is 0 Å². The van der Waals surface area contributed by atoms with Gasteiger partial charge in [-0.3, -0.25) is 4.79 Å². The highest BCUT2D eigenvalue weighted by atomic mass is 32.1. The Hall–Kier alpha value is -1.50. The van der Waals surface area contributed by atoms with Crippen LogP contribution in [0.3, 0.4) is 0 Å². The lowest BCUT2D eigenvalue weighted by atomic mass is 10.3. The van der Waals surface area contributed by atoms with Crippen molar-refractivity contribution in [3.63, 3.8) is 0 Å². The summed E-state index contributed by atoms with van der Waals surface area (Å²) >= 11 is 1.26. The molecule has 3 N–H and O–H groups in total. The van der Waals surface area contributed by atoms with E-state index in [4.69, 9.17) is 10.5 Å². The largest absolute Gasteiger partial charge is 0.487 e. The van der Waals surface area contributed by atoms with Crippen LogP contribution in [0.15, 0.2) is 0 Å². The molecule has 0 spiro atoms. The SMILES string of the molecule is CCCN(CC(=O)NC)c1snc(N)c1OCC. The minimum atomic E-state index is -0.0436. The van der Waals surface area contributed by atoms with Crippen molar-refractivity contribution < 1.29 is 9.53 Å². The normalized spacial score (nSPS) is 10.2. The molecule has 0 aromatic carbocycles. The summed E-state index contributed by atoms with van der Waals surface area (Å²) in [5, 5.41) is 3.43. The first-order chi connectivity index (χ1) is 8.63. The number of aromatic nitrogens is 1. The van der Waals surface area contributed by atoms with Crippen LogP contribution in [0.2, 0.25) is 0 Å². The van der Waals surface area contributed by atoms with Crippen LogP contribution in [-0.2, 0) is 4.79 Å². The van der Waals surface area contributed by atoms with Gasteiger partial charge < -0.3 is 20.7 Å². The summed E-state index contributed by atoms with van der Waals surface area (Å²) in [6, 6.07) is 0. The van der Waals surface area contributed by atoms with E-state index in [1.165, 1.54) is 11.5 Å². The molecule has 0 saturated heterocycles. The van der Waals surface area contributed by atoms with Crippen LogP contribution >= 0.6 is 11.5 Å². The van der Waals surface area contributed by atoms with Crippen LogP contribution in [0.5, 0.6) is 5.75 Å². The molecular weight excluding hydrogens is 252 g/mol. The van der Waals surface area contributed by atoms with Crippen LogP contribution in [0.4, 0.5) is 10.8 Å². The smallest absolute Gasteiger partial charge is 0.239 e. The Morgan fingerprint density at radius 1 is 1.56 bits per heavy atom. The number of nitrogens with two attached hydrogens (primary N) is 1. The van der Waals surface area contributed by atoms with E-state index in [2.05, 4.69) is 16.6 Å². The van der Waals surface area contributed by atoms with Gasteiger partial charge in [-0.2, -0.15) is 4.37 Å². The maximum atomic E-state index is 11.5. The lowest BCUT2D eigenvalue weighted by Crippen LogP contribution is -2.35. The van der Waals surface area contributed by atoms with E-state index in [-0.39, 0.29) is 12.5 Å². The number of rotatable bonds is 7. The molecule has 1 aromatic heterocycles. The minimum Gasteiger partial charge on any atom is -0.487 e. The number of anilines is 2. The summed E-state index contributed by atoms with van der Waals surface area (Å²) in [5.41, 5.74) is 5.77. The van der Waals surface area contributed by atoms with Gasteiger partial charge in [0, 0.05) is 13.6 Å². The first kappa shape index (κ1) is 14.6. The van der Waals surface area contributed by atoms with Gasteiger partial charge in [-0.05, 0) is 24.9 Å². The summed E-state index contributed by atoms with van der Waals surface area (Å²) in [4.78, 5) is 13.4. The quantitative estimate of drug-likeness (QED) is 0.776. The van der Waals surface area contributed by atoms with Gasteiger partial charge in [0.1, 0.15) is 0 Å². The zero-order valence-corrected chi connectivity index (χ0v) is 11.8. The molecule has 18 heavy (non-hydrogen) atoms. The molecule has 1 heterocycles. The number of hydrogen-bond acceptors (Lipinski definition) is 6. The highest BCUT2D eigenvalue weighted by Gasteiger charge is 2.20. The predicted octanol–water partition coefficient (Wildman–Crippen LogP) is 1.09. The molecule has 0 aliphatic rings. The number of nitrogen functional groups attached to an aromatic ring is 1. The fourth-order valence-corrected chi connectivity index (χ4v) is 2.33. The van der Waals surface area contributed by atoms with E-state index >= 15 is 0 Å². The van der Waals surface area contributed by atoms with Crippen LogP contribution in [0, 0.1) is 0 Å². The first-order valence-electron chi connectivity index (χ1n) is 5.97. The second-order valence-corrected chi connectivity index (χ2v) is 4.48.